The molecule has 1 heterocycles. The standard InChI is InChI=1S/C29H20ClNO/c30-26-20-25(16-17-29(26)32)31-27(22-12-6-2-7-13-22)18-24(21-10-4-1-5-11-21)19-28(31)23-14-8-3-9-15-23/h1-20H. The first-order valence-corrected chi connectivity index (χ1v) is 10.8. The van der Waals surface area contributed by atoms with Crippen molar-refractivity contribution in [1.29, 1.82) is 0 Å². The van der Waals surface area contributed by atoms with Crippen LogP contribution in [0.4, 0.5) is 0 Å². The van der Waals surface area contributed by atoms with Crippen molar-refractivity contribution in [3.05, 3.63) is 126 Å². The van der Waals surface area contributed by atoms with Crippen molar-refractivity contribution in [2.45, 2.75) is 0 Å². The molecule has 154 valence electrons. The molecule has 0 amide bonds. The number of hydrogen-bond acceptors (Lipinski definition) is 1. The molecule has 0 aliphatic heterocycles. The van der Waals surface area contributed by atoms with Gasteiger partial charge in [0, 0.05) is 40.4 Å². The van der Waals surface area contributed by atoms with E-state index in [-0.39, 0.29) is 10.8 Å². The molecule has 0 atom stereocenters. The lowest BCUT2D eigenvalue weighted by Crippen LogP contribution is -2.36. The van der Waals surface area contributed by atoms with Crippen molar-refractivity contribution >= 4 is 11.6 Å². The monoisotopic (exact) mass is 433 g/mol. The van der Waals surface area contributed by atoms with Gasteiger partial charge >= 0.3 is 0 Å². The molecule has 0 saturated carbocycles. The molecule has 0 saturated heterocycles. The van der Waals surface area contributed by atoms with Crippen LogP contribution in [-0.4, -0.2) is 0 Å². The predicted octanol–water partition coefficient (Wildman–Crippen LogP) is 6.69. The summed E-state index contributed by atoms with van der Waals surface area (Å²) in [7, 11) is 0. The topological polar surface area (TPSA) is 26.9 Å². The molecule has 0 N–H and O–H groups in total. The van der Waals surface area contributed by atoms with Gasteiger partial charge in [-0.3, -0.25) is 0 Å². The smallest absolute Gasteiger partial charge is 0.219 e. The Morgan fingerprint density at radius 2 is 0.969 bits per heavy atom. The van der Waals surface area contributed by atoms with Crippen LogP contribution >= 0.6 is 11.6 Å². The van der Waals surface area contributed by atoms with Crippen LogP contribution in [0.1, 0.15) is 0 Å². The minimum atomic E-state index is -0.181. The molecule has 0 unspecified atom stereocenters. The maximum atomic E-state index is 12.0. The maximum absolute atomic E-state index is 12.0. The number of aromatic nitrogens is 1. The van der Waals surface area contributed by atoms with E-state index in [0.717, 1.165) is 39.3 Å². The van der Waals surface area contributed by atoms with Gasteiger partial charge in [-0.1, -0.05) is 90.1 Å². The molecule has 1 aromatic heterocycles. The van der Waals surface area contributed by atoms with Gasteiger partial charge < -0.3 is 5.11 Å². The second kappa shape index (κ2) is 8.70. The van der Waals surface area contributed by atoms with E-state index in [1.54, 1.807) is 6.07 Å². The fourth-order valence-electron chi connectivity index (χ4n) is 3.94. The molecule has 0 bridgehead atoms. The van der Waals surface area contributed by atoms with E-state index < -0.39 is 0 Å². The molecule has 0 aliphatic carbocycles. The molecule has 0 radical (unpaired) electrons. The fraction of sp³-hybridized carbons (Fsp3) is 0. The van der Waals surface area contributed by atoms with Gasteiger partial charge in [0.1, 0.15) is 0 Å². The molecular formula is C29H20ClNO. The van der Waals surface area contributed by atoms with Crippen LogP contribution in [0.3, 0.4) is 0 Å². The van der Waals surface area contributed by atoms with Crippen LogP contribution < -0.4 is 9.67 Å². The van der Waals surface area contributed by atoms with E-state index >= 15 is 0 Å². The first-order valence-electron chi connectivity index (χ1n) is 10.4. The summed E-state index contributed by atoms with van der Waals surface area (Å²) in [5.41, 5.74) is 7.27. The van der Waals surface area contributed by atoms with E-state index in [1.165, 1.54) is 6.07 Å². The van der Waals surface area contributed by atoms with Crippen LogP contribution in [0, 0.1) is 0 Å². The maximum Gasteiger partial charge on any atom is 0.219 e. The Morgan fingerprint density at radius 1 is 0.500 bits per heavy atom. The number of halogens is 1. The molecule has 4 aromatic carbocycles. The van der Waals surface area contributed by atoms with E-state index in [2.05, 4.69) is 53.1 Å². The third kappa shape index (κ3) is 3.89. The summed E-state index contributed by atoms with van der Waals surface area (Å²) in [5.74, 6) is -0.181. The SMILES string of the molecule is [O-]c1ccc(-[n+]2c(-c3ccccc3)cc(-c3ccccc3)cc2-c2ccccc2)cc1Cl. The van der Waals surface area contributed by atoms with E-state index in [0.29, 0.717) is 0 Å². The Bertz CT molecular complexity index is 1310. The predicted molar refractivity (Wildman–Crippen MR) is 129 cm³/mol. The third-order valence-electron chi connectivity index (χ3n) is 5.49. The molecule has 0 fully saturated rings. The van der Waals surface area contributed by atoms with Crippen molar-refractivity contribution in [3.63, 3.8) is 0 Å². The normalized spacial score (nSPS) is 10.8. The summed E-state index contributed by atoms with van der Waals surface area (Å²) < 4.78 is 2.17. The Hall–Kier alpha value is -3.88. The second-order valence-electron chi connectivity index (χ2n) is 7.56. The van der Waals surface area contributed by atoms with Crippen molar-refractivity contribution in [2.75, 3.05) is 0 Å². The van der Waals surface area contributed by atoms with Gasteiger partial charge in [-0.2, -0.15) is 4.57 Å². The fourth-order valence-corrected chi connectivity index (χ4v) is 4.12. The van der Waals surface area contributed by atoms with Gasteiger partial charge in [0.05, 0.1) is 0 Å². The number of rotatable bonds is 4. The molecule has 5 aromatic rings. The molecule has 0 aliphatic rings. The van der Waals surface area contributed by atoms with Gasteiger partial charge in [-0.15, -0.1) is 0 Å². The third-order valence-corrected chi connectivity index (χ3v) is 5.78. The Kier molecular flexibility index (Phi) is 5.45. The Morgan fingerprint density at radius 3 is 1.44 bits per heavy atom. The largest absolute Gasteiger partial charge is 0.871 e. The van der Waals surface area contributed by atoms with Crippen LogP contribution in [0.2, 0.25) is 5.02 Å². The van der Waals surface area contributed by atoms with Crippen molar-refractivity contribution in [3.8, 4) is 45.1 Å². The van der Waals surface area contributed by atoms with E-state index in [9.17, 15) is 5.11 Å². The zero-order valence-corrected chi connectivity index (χ0v) is 18.0. The molecular weight excluding hydrogens is 414 g/mol. The highest BCUT2D eigenvalue weighted by atomic mass is 35.5. The van der Waals surface area contributed by atoms with Crippen molar-refractivity contribution < 1.29 is 9.67 Å². The zero-order valence-electron chi connectivity index (χ0n) is 17.3. The van der Waals surface area contributed by atoms with Crippen LogP contribution in [0.25, 0.3) is 39.3 Å². The summed E-state index contributed by atoms with van der Waals surface area (Å²) in [6.07, 6.45) is 0. The van der Waals surface area contributed by atoms with E-state index in [1.807, 2.05) is 60.7 Å². The lowest BCUT2D eigenvalue weighted by atomic mass is 9.98. The quantitative estimate of drug-likeness (QED) is 0.290. The van der Waals surface area contributed by atoms with Crippen LogP contribution in [-0.2, 0) is 0 Å². The van der Waals surface area contributed by atoms with Gasteiger partial charge in [-0.05, 0) is 35.4 Å². The average Bonchev–Trinajstić information content (AvgIpc) is 2.86. The highest BCUT2D eigenvalue weighted by molar-refractivity contribution is 6.32. The first-order chi connectivity index (χ1) is 15.7. The van der Waals surface area contributed by atoms with Crippen LogP contribution in [0.15, 0.2) is 121 Å². The van der Waals surface area contributed by atoms with Crippen molar-refractivity contribution in [1.82, 2.24) is 0 Å². The molecule has 0 spiro atoms. The molecule has 3 heteroatoms. The lowest BCUT2D eigenvalue weighted by Gasteiger charge is -2.14. The number of hydrogen-bond donors (Lipinski definition) is 0. The first kappa shape index (κ1) is 20.0. The van der Waals surface area contributed by atoms with Gasteiger partial charge in [0.2, 0.25) is 17.1 Å². The van der Waals surface area contributed by atoms with Gasteiger partial charge in [0.15, 0.2) is 0 Å². The summed E-state index contributed by atoms with van der Waals surface area (Å²) in [4.78, 5) is 0. The highest BCUT2D eigenvalue weighted by Crippen LogP contribution is 2.31. The summed E-state index contributed by atoms with van der Waals surface area (Å²) >= 11 is 6.26. The van der Waals surface area contributed by atoms with Gasteiger partial charge in [-0.25, -0.2) is 0 Å². The van der Waals surface area contributed by atoms with Crippen LogP contribution in [0.5, 0.6) is 5.75 Å². The number of benzene rings is 4. The Balaban J connectivity index is 1.88. The summed E-state index contributed by atoms with van der Waals surface area (Å²) in [5, 5.41) is 12.2. The van der Waals surface area contributed by atoms with Gasteiger partial charge in [0.25, 0.3) is 0 Å². The molecule has 32 heavy (non-hydrogen) atoms. The second-order valence-corrected chi connectivity index (χ2v) is 7.97. The number of nitrogens with zero attached hydrogens (tertiary/aromatic N) is 1. The lowest BCUT2D eigenvalue weighted by molar-refractivity contribution is -0.572. The van der Waals surface area contributed by atoms with Crippen molar-refractivity contribution in [2.24, 2.45) is 0 Å². The Labute approximate surface area is 192 Å². The molecule has 5 rings (SSSR count). The average molecular weight is 434 g/mol. The minimum absolute atomic E-state index is 0.181. The summed E-state index contributed by atoms with van der Waals surface area (Å²) in [6, 6.07) is 40.4. The highest BCUT2D eigenvalue weighted by Gasteiger charge is 2.25. The zero-order chi connectivity index (χ0) is 21.9. The molecule has 2 nitrogen and oxygen atoms in total. The van der Waals surface area contributed by atoms with E-state index in [4.69, 9.17) is 11.6 Å². The summed E-state index contributed by atoms with van der Waals surface area (Å²) in [6.45, 7) is 0. The number of pyridine rings is 1. The minimum Gasteiger partial charge on any atom is -0.871 e.